The predicted molar refractivity (Wildman–Crippen MR) is 67.8 cm³/mol. The lowest BCUT2D eigenvalue weighted by Crippen LogP contribution is -2.31. The van der Waals surface area contributed by atoms with Crippen molar-refractivity contribution in [1.82, 2.24) is 4.90 Å². The summed E-state index contributed by atoms with van der Waals surface area (Å²) in [5.41, 5.74) is 6.54. The van der Waals surface area contributed by atoms with E-state index in [1.807, 2.05) is 31.2 Å². The highest BCUT2D eigenvalue weighted by molar-refractivity contribution is 5.77. The summed E-state index contributed by atoms with van der Waals surface area (Å²) in [7, 11) is 1.78. The molecule has 1 aromatic carbocycles. The second-order valence-electron chi connectivity index (χ2n) is 3.95. The largest absolute Gasteiger partial charge is 0.484 e. The number of ether oxygens (including phenoxy) is 1. The highest BCUT2D eigenvalue weighted by atomic mass is 16.5. The van der Waals surface area contributed by atoms with Gasteiger partial charge in [-0.1, -0.05) is 19.1 Å². The van der Waals surface area contributed by atoms with Gasteiger partial charge in [0.15, 0.2) is 6.61 Å². The smallest absolute Gasteiger partial charge is 0.260 e. The van der Waals surface area contributed by atoms with Crippen LogP contribution in [0, 0.1) is 0 Å². The molecule has 0 spiro atoms. The van der Waals surface area contributed by atoms with Gasteiger partial charge in [-0.15, -0.1) is 0 Å². The van der Waals surface area contributed by atoms with Gasteiger partial charge < -0.3 is 15.4 Å². The molecule has 1 rings (SSSR count). The summed E-state index contributed by atoms with van der Waals surface area (Å²) in [6, 6.07) is 7.45. The third-order valence-electron chi connectivity index (χ3n) is 2.51. The first-order valence-corrected chi connectivity index (χ1v) is 5.83. The molecule has 0 bridgehead atoms. The molecule has 0 saturated heterocycles. The fraction of sp³-hybridized carbons (Fsp3) is 0.462. The van der Waals surface area contributed by atoms with Gasteiger partial charge in [-0.3, -0.25) is 4.79 Å². The van der Waals surface area contributed by atoms with E-state index in [4.69, 9.17) is 10.5 Å². The Balaban J connectivity index is 2.41. The molecule has 0 aliphatic carbocycles. The molecule has 0 atom stereocenters. The Morgan fingerprint density at radius 3 is 2.53 bits per heavy atom. The molecule has 1 amide bonds. The number of hydrogen-bond acceptors (Lipinski definition) is 3. The lowest BCUT2D eigenvalue weighted by molar-refractivity contribution is -0.132. The second kappa shape index (κ2) is 6.91. The van der Waals surface area contributed by atoms with Crippen LogP contribution in [0.15, 0.2) is 24.3 Å². The molecule has 0 aromatic heterocycles. The van der Waals surface area contributed by atoms with Crippen molar-refractivity contribution < 1.29 is 9.53 Å². The summed E-state index contributed by atoms with van der Waals surface area (Å²) in [4.78, 5) is 13.3. The van der Waals surface area contributed by atoms with Crippen LogP contribution >= 0.6 is 0 Å². The van der Waals surface area contributed by atoms with Crippen LogP contribution in [0.3, 0.4) is 0 Å². The van der Waals surface area contributed by atoms with Crippen molar-refractivity contribution in [2.45, 2.75) is 19.9 Å². The molecule has 0 unspecified atom stereocenters. The van der Waals surface area contributed by atoms with Crippen molar-refractivity contribution in [2.75, 3.05) is 20.2 Å². The Morgan fingerprint density at radius 1 is 1.35 bits per heavy atom. The molecular formula is C13H20N2O2. The molecule has 4 heteroatoms. The summed E-state index contributed by atoms with van der Waals surface area (Å²) < 4.78 is 5.40. The van der Waals surface area contributed by atoms with Crippen LogP contribution in [0.2, 0.25) is 0 Å². The molecule has 0 heterocycles. The van der Waals surface area contributed by atoms with Crippen molar-refractivity contribution in [3.63, 3.8) is 0 Å². The number of benzene rings is 1. The molecule has 1 aromatic rings. The second-order valence-corrected chi connectivity index (χ2v) is 3.95. The van der Waals surface area contributed by atoms with Gasteiger partial charge in [0.2, 0.25) is 0 Å². The van der Waals surface area contributed by atoms with Crippen molar-refractivity contribution in [1.29, 1.82) is 0 Å². The molecule has 0 radical (unpaired) electrons. The number of carbonyl (C=O) groups is 1. The zero-order valence-corrected chi connectivity index (χ0v) is 10.5. The van der Waals surface area contributed by atoms with Gasteiger partial charge in [0.1, 0.15) is 5.75 Å². The van der Waals surface area contributed by atoms with Crippen LogP contribution in [0.25, 0.3) is 0 Å². The third kappa shape index (κ3) is 4.44. The zero-order chi connectivity index (χ0) is 12.7. The van der Waals surface area contributed by atoms with E-state index in [1.165, 1.54) is 0 Å². The Bertz CT molecular complexity index is 349. The van der Waals surface area contributed by atoms with Crippen LogP contribution < -0.4 is 10.5 Å². The van der Waals surface area contributed by atoms with Crippen molar-refractivity contribution >= 4 is 5.91 Å². The van der Waals surface area contributed by atoms with Crippen molar-refractivity contribution in [2.24, 2.45) is 5.73 Å². The highest BCUT2D eigenvalue weighted by Gasteiger charge is 2.08. The zero-order valence-electron chi connectivity index (χ0n) is 10.5. The van der Waals surface area contributed by atoms with Crippen LogP contribution in [0.1, 0.15) is 18.9 Å². The van der Waals surface area contributed by atoms with E-state index in [-0.39, 0.29) is 12.5 Å². The van der Waals surface area contributed by atoms with E-state index in [0.717, 1.165) is 18.5 Å². The summed E-state index contributed by atoms with van der Waals surface area (Å²) in [6.07, 6.45) is 0.952. The van der Waals surface area contributed by atoms with Gasteiger partial charge in [0.25, 0.3) is 5.91 Å². The molecule has 17 heavy (non-hydrogen) atoms. The average Bonchev–Trinajstić information content (AvgIpc) is 2.36. The van der Waals surface area contributed by atoms with Crippen molar-refractivity contribution in [3.8, 4) is 5.75 Å². The third-order valence-corrected chi connectivity index (χ3v) is 2.51. The topological polar surface area (TPSA) is 55.6 Å². The van der Waals surface area contributed by atoms with Gasteiger partial charge in [0.05, 0.1) is 0 Å². The molecule has 4 nitrogen and oxygen atoms in total. The first-order valence-electron chi connectivity index (χ1n) is 5.83. The number of nitrogens with two attached hydrogens (primary N) is 1. The number of rotatable bonds is 6. The van der Waals surface area contributed by atoms with Crippen LogP contribution in [0.5, 0.6) is 5.75 Å². The van der Waals surface area contributed by atoms with E-state index >= 15 is 0 Å². The Kier molecular flexibility index (Phi) is 5.49. The number of likely N-dealkylation sites (N-methyl/N-ethyl adjacent to an activating group) is 1. The maximum atomic E-state index is 11.6. The first kappa shape index (κ1) is 13.5. The Morgan fingerprint density at radius 2 is 2.00 bits per heavy atom. The van der Waals surface area contributed by atoms with Crippen LogP contribution in [-0.2, 0) is 11.3 Å². The van der Waals surface area contributed by atoms with Crippen molar-refractivity contribution in [3.05, 3.63) is 29.8 Å². The summed E-state index contributed by atoms with van der Waals surface area (Å²) in [6.45, 7) is 3.39. The maximum Gasteiger partial charge on any atom is 0.260 e. The van der Waals surface area contributed by atoms with E-state index in [2.05, 4.69) is 0 Å². The first-order chi connectivity index (χ1) is 8.17. The van der Waals surface area contributed by atoms with E-state index in [0.29, 0.717) is 12.3 Å². The average molecular weight is 236 g/mol. The normalized spacial score (nSPS) is 10.1. The molecule has 0 fully saturated rings. The molecular weight excluding hydrogens is 216 g/mol. The summed E-state index contributed by atoms with van der Waals surface area (Å²) >= 11 is 0. The maximum absolute atomic E-state index is 11.6. The molecule has 2 N–H and O–H groups in total. The van der Waals surface area contributed by atoms with Gasteiger partial charge >= 0.3 is 0 Å². The van der Waals surface area contributed by atoms with E-state index < -0.39 is 0 Å². The summed E-state index contributed by atoms with van der Waals surface area (Å²) in [5, 5.41) is 0. The van der Waals surface area contributed by atoms with Gasteiger partial charge in [-0.05, 0) is 24.1 Å². The van der Waals surface area contributed by atoms with Crippen LogP contribution in [-0.4, -0.2) is 31.0 Å². The Labute approximate surface area is 102 Å². The number of hydrogen-bond donors (Lipinski definition) is 1. The van der Waals surface area contributed by atoms with Gasteiger partial charge in [-0.25, -0.2) is 0 Å². The SMILES string of the molecule is CCCN(C)C(=O)COc1ccc(CN)cc1. The number of nitrogens with zero attached hydrogens (tertiary/aromatic N) is 1. The van der Waals surface area contributed by atoms with E-state index in [9.17, 15) is 4.79 Å². The minimum atomic E-state index is -0.00486. The fourth-order valence-electron chi connectivity index (χ4n) is 1.44. The molecule has 0 aliphatic heterocycles. The predicted octanol–water partition coefficient (Wildman–Crippen LogP) is 1.39. The van der Waals surface area contributed by atoms with Gasteiger partial charge in [0, 0.05) is 20.1 Å². The minimum absolute atomic E-state index is 0.00486. The lowest BCUT2D eigenvalue weighted by atomic mass is 10.2. The summed E-state index contributed by atoms with van der Waals surface area (Å²) in [5.74, 6) is 0.690. The Hall–Kier alpha value is -1.55. The number of amides is 1. The molecule has 94 valence electrons. The fourth-order valence-corrected chi connectivity index (χ4v) is 1.44. The number of carbonyl (C=O) groups excluding carboxylic acids is 1. The molecule has 0 saturated carbocycles. The van der Waals surface area contributed by atoms with Gasteiger partial charge in [-0.2, -0.15) is 0 Å². The molecule has 0 aliphatic rings. The standard InChI is InChI=1S/C13H20N2O2/c1-3-8-15(2)13(16)10-17-12-6-4-11(9-14)5-7-12/h4-7H,3,8-10,14H2,1-2H3. The minimum Gasteiger partial charge on any atom is -0.484 e. The highest BCUT2D eigenvalue weighted by Crippen LogP contribution is 2.11. The lowest BCUT2D eigenvalue weighted by Gasteiger charge is -2.16. The monoisotopic (exact) mass is 236 g/mol. The van der Waals surface area contributed by atoms with Crippen LogP contribution in [0.4, 0.5) is 0 Å². The quantitative estimate of drug-likeness (QED) is 0.812. The van der Waals surface area contributed by atoms with E-state index in [1.54, 1.807) is 11.9 Å².